The van der Waals surface area contributed by atoms with E-state index in [1.807, 2.05) is 6.07 Å². The lowest BCUT2D eigenvalue weighted by molar-refractivity contribution is -0.135. The highest BCUT2D eigenvalue weighted by Gasteiger charge is 2.16. The van der Waals surface area contributed by atoms with Crippen molar-refractivity contribution < 1.29 is 19.0 Å². The van der Waals surface area contributed by atoms with Gasteiger partial charge in [0.2, 0.25) is 0 Å². The lowest BCUT2D eigenvalue weighted by Gasteiger charge is -2.08. The van der Waals surface area contributed by atoms with Crippen molar-refractivity contribution in [2.75, 3.05) is 27.4 Å². The average Bonchev–Trinajstić information content (AvgIpc) is 2.52. The van der Waals surface area contributed by atoms with Crippen LogP contribution < -0.4 is 4.74 Å². The first-order chi connectivity index (χ1) is 10.1. The van der Waals surface area contributed by atoms with E-state index >= 15 is 0 Å². The third-order valence-electron chi connectivity index (χ3n) is 2.55. The molecule has 0 N–H and O–H groups in total. The van der Waals surface area contributed by atoms with Gasteiger partial charge in [0.05, 0.1) is 20.3 Å². The van der Waals surface area contributed by atoms with Crippen LogP contribution in [0.2, 0.25) is 0 Å². The molecular formula is C15H16BrNO4. The number of rotatable bonds is 7. The number of nitrogens with zero attached hydrogens (tertiary/aromatic N) is 1. The number of esters is 1. The molecule has 0 fully saturated rings. The van der Waals surface area contributed by atoms with Gasteiger partial charge in [-0.1, -0.05) is 28.1 Å². The molecule has 0 heterocycles. The van der Waals surface area contributed by atoms with Gasteiger partial charge in [0.1, 0.15) is 5.75 Å². The molecule has 0 aromatic heterocycles. The second kappa shape index (κ2) is 9.16. The summed E-state index contributed by atoms with van der Waals surface area (Å²) in [5, 5.41) is 0. The van der Waals surface area contributed by atoms with Crippen molar-refractivity contribution in [1.29, 1.82) is 0 Å². The molecule has 1 aromatic carbocycles. The van der Waals surface area contributed by atoms with Gasteiger partial charge in [-0.05, 0) is 17.7 Å². The summed E-state index contributed by atoms with van der Waals surface area (Å²) in [7, 11) is 2.88. The van der Waals surface area contributed by atoms with E-state index in [4.69, 9.17) is 16.0 Å². The van der Waals surface area contributed by atoms with Crippen LogP contribution in [0.1, 0.15) is 12.0 Å². The first kappa shape index (κ1) is 17.2. The van der Waals surface area contributed by atoms with E-state index in [1.165, 1.54) is 7.11 Å². The van der Waals surface area contributed by atoms with Crippen molar-refractivity contribution in [1.82, 2.24) is 0 Å². The Kier molecular flexibility index (Phi) is 7.51. The van der Waals surface area contributed by atoms with Crippen molar-refractivity contribution in [2.45, 2.75) is 6.42 Å². The molecule has 1 rings (SSSR count). The molecule has 1 aromatic rings. The van der Waals surface area contributed by atoms with Crippen molar-refractivity contribution in [3.05, 3.63) is 46.9 Å². The maximum atomic E-state index is 11.5. The molecule has 6 heteroatoms. The van der Waals surface area contributed by atoms with Gasteiger partial charge in [-0.3, -0.25) is 4.79 Å². The Bertz CT molecular complexity index is 563. The van der Waals surface area contributed by atoms with Crippen LogP contribution in [-0.4, -0.2) is 33.4 Å². The van der Waals surface area contributed by atoms with Crippen molar-refractivity contribution in [2.24, 2.45) is 0 Å². The van der Waals surface area contributed by atoms with E-state index in [0.29, 0.717) is 29.0 Å². The van der Waals surface area contributed by atoms with Crippen LogP contribution in [0.5, 0.6) is 5.75 Å². The van der Waals surface area contributed by atoms with Gasteiger partial charge in [0, 0.05) is 24.6 Å². The standard InChI is InChI=1S/C15H16BrNO4/c1-17-14(15(18)20-3)13(16)11-6-4-7-12(10-11)21-9-5-8-19-2/h4,6-7,10H,5,8-9H2,2-3H3/b14-13-. The van der Waals surface area contributed by atoms with Gasteiger partial charge in [-0.15, -0.1) is 0 Å². The van der Waals surface area contributed by atoms with Crippen LogP contribution in [0, 0.1) is 6.57 Å². The summed E-state index contributed by atoms with van der Waals surface area (Å²) in [6, 6.07) is 7.14. The van der Waals surface area contributed by atoms with Gasteiger partial charge in [0.25, 0.3) is 5.70 Å². The summed E-state index contributed by atoms with van der Waals surface area (Å²) in [6.07, 6.45) is 0.785. The molecule has 0 aliphatic rings. The van der Waals surface area contributed by atoms with E-state index in [9.17, 15) is 4.79 Å². The number of halogens is 1. The Morgan fingerprint density at radius 3 is 2.71 bits per heavy atom. The van der Waals surface area contributed by atoms with E-state index in [0.717, 1.165) is 6.42 Å². The van der Waals surface area contributed by atoms with Crippen molar-refractivity contribution >= 4 is 26.4 Å². The molecule has 0 aliphatic carbocycles. The summed E-state index contributed by atoms with van der Waals surface area (Å²) in [5.41, 5.74) is 0.574. The SMILES string of the molecule is [C-]#[N+]/C(C(=O)OC)=C(\Br)c1cccc(OCCCOC)c1. The number of hydrogen-bond donors (Lipinski definition) is 0. The summed E-state index contributed by atoms with van der Waals surface area (Å²) in [4.78, 5) is 14.7. The Hall–Kier alpha value is -1.84. The fourth-order valence-corrected chi connectivity index (χ4v) is 2.03. The molecule has 0 saturated carbocycles. The molecule has 0 amide bonds. The molecule has 0 atom stereocenters. The summed E-state index contributed by atoms with van der Waals surface area (Å²) in [6.45, 7) is 8.24. The molecule has 0 unspecified atom stereocenters. The molecule has 112 valence electrons. The molecule has 0 spiro atoms. The van der Waals surface area contributed by atoms with E-state index < -0.39 is 5.97 Å². The smallest absolute Gasteiger partial charge is 0.337 e. The van der Waals surface area contributed by atoms with Crippen molar-refractivity contribution in [3.8, 4) is 5.75 Å². The summed E-state index contributed by atoms with van der Waals surface area (Å²) >= 11 is 3.27. The number of carbonyl (C=O) groups excluding carboxylic acids is 1. The van der Waals surface area contributed by atoms with Crippen LogP contribution in [-0.2, 0) is 14.3 Å². The maximum absolute atomic E-state index is 11.5. The number of methoxy groups -OCH3 is 2. The molecule has 0 bridgehead atoms. The van der Waals surface area contributed by atoms with Gasteiger partial charge in [-0.25, -0.2) is 4.85 Å². The second-order valence-electron chi connectivity index (χ2n) is 3.99. The lowest BCUT2D eigenvalue weighted by Crippen LogP contribution is -2.03. The summed E-state index contributed by atoms with van der Waals surface area (Å²) < 4.78 is 15.5. The normalized spacial score (nSPS) is 11.3. The van der Waals surface area contributed by atoms with Crippen LogP contribution in [0.3, 0.4) is 0 Å². The third-order valence-corrected chi connectivity index (χ3v) is 3.38. The predicted octanol–water partition coefficient (Wildman–Crippen LogP) is 3.26. The summed E-state index contributed by atoms with van der Waals surface area (Å²) in [5.74, 6) is -0.0157. The fraction of sp³-hybridized carbons (Fsp3) is 0.333. The highest BCUT2D eigenvalue weighted by Crippen LogP contribution is 2.29. The Morgan fingerprint density at radius 2 is 2.10 bits per heavy atom. The zero-order valence-corrected chi connectivity index (χ0v) is 13.5. The second-order valence-corrected chi connectivity index (χ2v) is 4.78. The number of carbonyl (C=O) groups is 1. The van der Waals surface area contributed by atoms with Gasteiger partial charge in [0.15, 0.2) is 0 Å². The van der Waals surface area contributed by atoms with Gasteiger partial charge >= 0.3 is 5.97 Å². The highest BCUT2D eigenvalue weighted by molar-refractivity contribution is 9.15. The van der Waals surface area contributed by atoms with E-state index in [1.54, 1.807) is 25.3 Å². The minimum Gasteiger partial charge on any atom is -0.493 e. The monoisotopic (exact) mass is 353 g/mol. The number of hydrogen-bond acceptors (Lipinski definition) is 4. The Morgan fingerprint density at radius 1 is 1.33 bits per heavy atom. The zero-order valence-electron chi connectivity index (χ0n) is 11.9. The molecular weight excluding hydrogens is 338 g/mol. The minimum atomic E-state index is -0.678. The third kappa shape index (κ3) is 5.21. The topological polar surface area (TPSA) is 49.1 Å². The fourth-order valence-electron chi connectivity index (χ4n) is 1.53. The molecule has 5 nitrogen and oxygen atoms in total. The van der Waals surface area contributed by atoms with Crippen LogP contribution in [0.15, 0.2) is 30.0 Å². The maximum Gasteiger partial charge on any atom is 0.337 e. The Labute approximate surface area is 132 Å². The van der Waals surface area contributed by atoms with Gasteiger partial charge in [-0.2, -0.15) is 0 Å². The molecule has 21 heavy (non-hydrogen) atoms. The number of ether oxygens (including phenoxy) is 3. The van der Waals surface area contributed by atoms with Crippen LogP contribution in [0.4, 0.5) is 0 Å². The van der Waals surface area contributed by atoms with Gasteiger partial charge < -0.3 is 14.2 Å². The quantitative estimate of drug-likeness (QED) is 0.326. The van der Waals surface area contributed by atoms with E-state index in [2.05, 4.69) is 25.5 Å². The van der Waals surface area contributed by atoms with E-state index in [-0.39, 0.29) is 5.70 Å². The minimum absolute atomic E-state index is 0.103. The molecule has 0 radical (unpaired) electrons. The van der Waals surface area contributed by atoms with Crippen LogP contribution >= 0.6 is 15.9 Å². The first-order valence-electron chi connectivity index (χ1n) is 6.21. The predicted molar refractivity (Wildman–Crippen MR) is 82.9 cm³/mol. The molecule has 0 aliphatic heterocycles. The van der Waals surface area contributed by atoms with Crippen LogP contribution in [0.25, 0.3) is 9.33 Å². The number of benzene rings is 1. The first-order valence-corrected chi connectivity index (χ1v) is 7.01. The lowest BCUT2D eigenvalue weighted by atomic mass is 10.2. The molecule has 0 saturated heterocycles. The zero-order chi connectivity index (χ0) is 15.7. The largest absolute Gasteiger partial charge is 0.493 e. The highest BCUT2D eigenvalue weighted by atomic mass is 79.9. The average molecular weight is 354 g/mol. The van der Waals surface area contributed by atoms with Crippen molar-refractivity contribution in [3.63, 3.8) is 0 Å². The Balaban J connectivity index is 2.91.